The number of benzene rings is 1. The zero-order chi connectivity index (χ0) is 17.8. The van der Waals surface area contributed by atoms with Crippen molar-refractivity contribution in [3.63, 3.8) is 0 Å². The second-order valence-electron chi connectivity index (χ2n) is 7.16. The summed E-state index contributed by atoms with van der Waals surface area (Å²) >= 11 is 0. The van der Waals surface area contributed by atoms with Crippen molar-refractivity contribution in [1.82, 2.24) is 19.6 Å². The number of aromatic nitrogens is 4. The lowest BCUT2D eigenvalue weighted by Crippen LogP contribution is -2.30. The van der Waals surface area contributed by atoms with E-state index >= 15 is 0 Å². The van der Waals surface area contributed by atoms with E-state index in [9.17, 15) is 0 Å². The Labute approximate surface area is 150 Å². The Morgan fingerprint density at radius 3 is 2.92 bits per heavy atom. The summed E-state index contributed by atoms with van der Waals surface area (Å²) < 4.78 is 1.93. The number of hydrogen-bond donors (Lipinski definition) is 2. The predicted octanol–water partition coefficient (Wildman–Crippen LogP) is 2.90. The zero-order valence-electron chi connectivity index (χ0n) is 14.6. The maximum Gasteiger partial charge on any atom is 0.151 e. The zero-order valence-corrected chi connectivity index (χ0v) is 14.6. The van der Waals surface area contributed by atoms with Gasteiger partial charge in [-0.3, -0.25) is 4.98 Å². The number of nitrogen functional groups attached to an aromatic ring is 1. The second kappa shape index (κ2) is 5.51. The van der Waals surface area contributed by atoms with Crippen molar-refractivity contribution >= 4 is 22.2 Å². The number of para-hydroxylation sites is 1. The molecule has 2 atom stereocenters. The lowest BCUT2D eigenvalue weighted by molar-refractivity contribution is 0.502. The molecular formula is C20H20N6. The van der Waals surface area contributed by atoms with Gasteiger partial charge in [0.25, 0.3) is 0 Å². The Kier molecular flexibility index (Phi) is 3.24. The van der Waals surface area contributed by atoms with Gasteiger partial charge in [-0.1, -0.05) is 25.1 Å². The van der Waals surface area contributed by atoms with E-state index in [1.807, 2.05) is 28.9 Å². The van der Waals surface area contributed by atoms with E-state index in [0.717, 1.165) is 46.1 Å². The summed E-state index contributed by atoms with van der Waals surface area (Å²) in [5.74, 6) is 0.814. The van der Waals surface area contributed by atoms with Gasteiger partial charge in [-0.15, -0.1) is 0 Å². The summed E-state index contributed by atoms with van der Waals surface area (Å²) in [6, 6.07) is 10.4. The van der Waals surface area contributed by atoms with Crippen LogP contribution in [0.15, 0.2) is 42.9 Å². The van der Waals surface area contributed by atoms with Crippen LogP contribution < -0.4 is 11.5 Å². The third-order valence-corrected chi connectivity index (χ3v) is 5.37. The van der Waals surface area contributed by atoms with Gasteiger partial charge in [0.1, 0.15) is 11.8 Å². The van der Waals surface area contributed by atoms with Crippen LogP contribution in [0.2, 0.25) is 0 Å². The number of nitrogens with zero attached hydrogens (tertiary/aromatic N) is 4. The molecule has 0 fully saturated rings. The Balaban J connectivity index is 1.88. The lowest BCUT2D eigenvalue weighted by atomic mass is 9.82. The molecule has 1 aliphatic carbocycles. The minimum absolute atomic E-state index is 0.134. The van der Waals surface area contributed by atoms with Crippen molar-refractivity contribution in [2.45, 2.75) is 31.7 Å². The number of anilines is 1. The van der Waals surface area contributed by atoms with Crippen molar-refractivity contribution in [2.75, 3.05) is 5.73 Å². The molecule has 6 nitrogen and oxygen atoms in total. The Morgan fingerprint density at radius 1 is 1.19 bits per heavy atom. The highest BCUT2D eigenvalue weighted by molar-refractivity contribution is 5.94. The van der Waals surface area contributed by atoms with Crippen LogP contribution in [0.5, 0.6) is 0 Å². The first-order chi connectivity index (χ1) is 12.6. The summed E-state index contributed by atoms with van der Waals surface area (Å²) in [5.41, 5.74) is 19.0. The van der Waals surface area contributed by atoms with E-state index in [0.29, 0.717) is 11.7 Å². The van der Waals surface area contributed by atoms with Crippen molar-refractivity contribution in [3.05, 3.63) is 54.1 Å². The van der Waals surface area contributed by atoms with Crippen molar-refractivity contribution < 1.29 is 0 Å². The van der Waals surface area contributed by atoms with Gasteiger partial charge in [0, 0.05) is 40.9 Å². The first-order valence-electron chi connectivity index (χ1n) is 8.88. The average Bonchev–Trinajstić information content (AvgIpc) is 2.97. The fourth-order valence-electron chi connectivity index (χ4n) is 4.32. The molecule has 0 aliphatic heterocycles. The van der Waals surface area contributed by atoms with Crippen molar-refractivity contribution in [3.8, 4) is 11.1 Å². The number of nitrogens with two attached hydrogens (primary N) is 2. The van der Waals surface area contributed by atoms with E-state index in [2.05, 4.69) is 34.1 Å². The molecule has 26 heavy (non-hydrogen) atoms. The molecule has 6 heteroatoms. The van der Waals surface area contributed by atoms with Gasteiger partial charge in [-0.25, -0.2) is 9.50 Å². The van der Waals surface area contributed by atoms with Gasteiger partial charge in [-0.05, 0) is 30.0 Å². The number of rotatable bonds is 1. The molecule has 3 heterocycles. The molecule has 0 radical (unpaired) electrons. The maximum atomic E-state index is 6.29. The van der Waals surface area contributed by atoms with Crippen molar-refractivity contribution in [1.29, 1.82) is 0 Å². The molecule has 0 bridgehead atoms. The summed E-state index contributed by atoms with van der Waals surface area (Å²) in [4.78, 5) is 8.88. The van der Waals surface area contributed by atoms with E-state index in [1.165, 1.54) is 11.9 Å². The second-order valence-corrected chi connectivity index (χ2v) is 7.16. The molecule has 0 saturated heterocycles. The van der Waals surface area contributed by atoms with E-state index in [1.54, 1.807) is 0 Å². The molecule has 0 amide bonds. The monoisotopic (exact) mass is 344 g/mol. The average molecular weight is 344 g/mol. The standard InChI is InChI=1S/C20H20N6/c1-11-6-14(21)8-16-17(11)18(19-20(22)24-10-25-26(16)19)13-7-12-4-2-3-5-15(12)23-9-13/h2-5,7,9-11,14H,6,8,21H2,1H3,(H2,22,24,25)/t11?,14-/m0/s1. The largest absolute Gasteiger partial charge is 0.382 e. The summed E-state index contributed by atoms with van der Waals surface area (Å²) in [6.07, 6.45) is 5.17. The van der Waals surface area contributed by atoms with Gasteiger partial charge in [0.2, 0.25) is 0 Å². The molecule has 1 aromatic carbocycles. The molecule has 0 saturated carbocycles. The maximum absolute atomic E-state index is 6.29. The Bertz CT molecular complexity index is 1150. The molecule has 130 valence electrons. The molecule has 4 N–H and O–H groups in total. The van der Waals surface area contributed by atoms with Crippen LogP contribution in [0, 0.1) is 0 Å². The van der Waals surface area contributed by atoms with E-state index in [4.69, 9.17) is 11.5 Å². The Hall–Kier alpha value is -2.99. The van der Waals surface area contributed by atoms with Crippen molar-refractivity contribution in [2.24, 2.45) is 5.73 Å². The fraction of sp³-hybridized carbons (Fsp3) is 0.250. The number of hydrogen-bond acceptors (Lipinski definition) is 5. The molecule has 0 spiro atoms. The van der Waals surface area contributed by atoms with E-state index in [-0.39, 0.29) is 6.04 Å². The van der Waals surface area contributed by atoms with Crippen LogP contribution >= 0.6 is 0 Å². The van der Waals surface area contributed by atoms with Crippen LogP contribution in [-0.2, 0) is 6.42 Å². The third kappa shape index (κ3) is 2.12. The van der Waals surface area contributed by atoms with Crippen LogP contribution in [0.1, 0.15) is 30.5 Å². The highest BCUT2D eigenvalue weighted by Gasteiger charge is 2.31. The smallest absolute Gasteiger partial charge is 0.151 e. The summed E-state index contributed by atoms with van der Waals surface area (Å²) in [7, 11) is 0. The minimum Gasteiger partial charge on any atom is -0.382 e. The first-order valence-corrected chi connectivity index (χ1v) is 8.88. The minimum atomic E-state index is 0.134. The molecular weight excluding hydrogens is 324 g/mol. The Morgan fingerprint density at radius 2 is 2.04 bits per heavy atom. The predicted molar refractivity (Wildman–Crippen MR) is 103 cm³/mol. The van der Waals surface area contributed by atoms with Crippen LogP contribution in [0.4, 0.5) is 5.82 Å². The third-order valence-electron chi connectivity index (χ3n) is 5.37. The summed E-state index contributed by atoms with van der Waals surface area (Å²) in [5, 5.41) is 5.59. The van der Waals surface area contributed by atoms with Crippen LogP contribution in [-0.4, -0.2) is 25.6 Å². The van der Waals surface area contributed by atoms with Gasteiger partial charge in [0.15, 0.2) is 5.82 Å². The molecule has 4 aromatic rings. The topological polar surface area (TPSA) is 95.1 Å². The summed E-state index contributed by atoms with van der Waals surface area (Å²) in [6.45, 7) is 2.22. The number of fused-ring (bicyclic) bond motifs is 4. The number of pyridine rings is 1. The van der Waals surface area contributed by atoms with E-state index < -0.39 is 0 Å². The van der Waals surface area contributed by atoms with Crippen LogP contribution in [0.3, 0.4) is 0 Å². The molecule has 3 aromatic heterocycles. The molecule has 5 rings (SSSR count). The molecule has 1 unspecified atom stereocenters. The first kappa shape index (κ1) is 15.3. The van der Waals surface area contributed by atoms with Gasteiger partial charge in [-0.2, -0.15) is 5.10 Å². The van der Waals surface area contributed by atoms with Crippen LogP contribution in [0.25, 0.3) is 27.5 Å². The van der Waals surface area contributed by atoms with Gasteiger partial charge < -0.3 is 11.5 Å². The normalized spacial score (nSPS) is 19.8. The van der Waals surface area contributed by atoms with Gasteiger partial charge in [0.05, 0.1) is 5.52 Å². The SMILES string of the molecule is CC1C[C@H](N)Cc2c1c(-c1cnc3ccccc3c1)c1c(N)ncnn21. The van der Waals surface area contributed by atoms with Gasteiger partial charge >= 0.3 is 0 Å². The highest BCUT2D eigenvalue weighted by Crippen LogP contribution is 2.43. The lowest BCUT2D eigenvalue weighted by Gasteiger charge is -2.25. The highest BCUT2D eigenvalue weighted by atomic mass is 15.3. The quantitative estimate of drug-likeness (QED) is 0.553. The fourth-order valence-corrected chi connectivity index (χ4v) is 4.32. The molecule has 1 aliphatic rings.